The van der Waals surface area contributed by atoms with Crippen LogP contribution in [0.25, 0.3) is 0 Å². The molecule has 13 heteroatoms. The topological polar surface area (TPSA) is 66.5 Å². The molecular formula is C22H28F6N4O2S. The van der Waals surface area contributed by atoms with E-state index in [1.807, 2.05) is 25.9 Å². The van der Waals surface area contributed by atoms with E-state index in [-0.39, 0.29) is 23.0 Å². The maximum absolute atomic E-state index is 13.5. The summed E-state index contributed by atoms with van der Waals surface area (Å²) in [4.78, 5) is 17.8. The van der Waals surface area contributed by atoms with Crippen molar-refractivity contribution in [2.24, 2.45) is 0 Å². The molecule has 2 atom stereocenters. The molecule has 2 rings (SSSR count). The normalized spacial score (nSPS) is 14.1. The van der Waals surface area contributed by atoms with Gasteiger partial charge in [-0.25, -0.2) is 4.98 Å². The Bertz CT molecular complexity index is 978. The van der Waals surface area contributed by atoms with E-state index in [0.717, 1.165) is 18.6 Å². The maximum atomic E-state index is 13.5. The molecule has 35 heavy (non-hydrogen) atoms. The number of nitrogens with one attached hydrogen (secondary N) is 2. The fraction of sp³-hybridized carbons (Fsp3) is 0.545. The van der Waals surface area contributed by atoms with Crippen LogP contribution in [0, 0.1) is 0 Å². The molecule has 1 aromatic carbocycles. The van der Waals surface area contributed by atoms with Crippen LogP contribution in [-0.2, 0) is 12.6 Å². The number of nitrogens with zero attached hydrogens (tertiary/aromatic N) is 2. The van der Waals surface area contributed by atoms with Crippen molar-refractivity contribution in [3.05, 3.63) is 45.4 Å². The number of amides is 1. The van der Waals surface area contributed by atoms with E-state index in [1.165, 1.54) is 19.1 Å². The Morgan fingerprint density at radius 1 is 1.20 bits per heavy atom. The van der Waals surface area contributed by atoms with Gasteiger partial charge in [-0.05, 0) is 45.1 Å². The number of carbonyl (C=O) groups excluding carboxylic acids is 1. The van der Waals surface area contributed by atoms with Crippen molar-refractivity contribution < 1.29 is 35.9 Å². The molecule has 0 bridgehead atoms. The minimum atomic E-state index is -4.90. The van der Waals surface area contributed by atoms with E-state index in [0.29, 0.717) is 24.4 Å². The van der Waals surface area contributed by atoms with Crippen LogP contribution in [-0.4, -0.2) is 55.4 Å². The molecule has 0 saturated carbocycles. The van der Waals surface area contributed by atoms with Crippen molar-refractivity contribution in [2.75, 3.05) is 27.2 Å². The molecule has 2 unspecified atom stereocenters. The Morgan fingerprint density at radius 2 is 1.89 bits per heavy atom. The number of rotatable bonds is 11. The van der Waals surface area contributed by atoms with Crippen molar-refractivity contribution >= 4 is 17.2 Å². The van der Waals surface area contributed by atoms with Gasteiger partial charge in [0.2, 0.25) is 0 Å². The van der Waals surface area contributed by atoms with Crippen LogP contribution >= 0.6 is 11.3 Å². The molecule has 0 spiro atoms. The average molecular weight is 527 g/mol. The fourth-order valence-electron chi connectivity index (χ4n) is 3.30. The number of carbonyl (C=O) groups is 1. The van der Waals surface area contributed by atoms with Gasteiger partial charge in [0.25, 0.3) is 5.91 Å². The minimum Gasteiger partial charge on any atom is -0.406 e. The molecule has 0 aliphatic rings. The highest BCUT2D eigenvalue weighted by Crippen LogP contribution is 2.35. The Balaban J connectivity index is 2.11. The van der Waals surface area contributed by atoms with Crippen LogP contribution in [0.1, 0.15) is 52.2 Å². The van der Waals surface area contributed by atoms with E-state index in [9.17, 15) is 31.1 Å². The van der Waals surface area contributed by atoms with E-state index >= 15 is 0 Å². The summed E-state index contributed by atoms with van der Waals surface area (Å²) in [5, 5.41) is 5.75. The lowest BCUT2D eigenvalue weighted by Gasteiger charge is -2.23. The number of alkyl halides is 6. The third kappa shape index (κ3) is 8.97. The van der Waals surface area contributed by atoms with Gasteiger partial charge in [-0.1, -0.05) is 19.1 Å². The summed E-state index contributed by atoms with van der Waals surface area (Å²) in [5.41, 5.74) is -1.05. The highest BCUT2D eigenvalue weighted by molar-refractivity contribution is 7.13. The first-order valence-corrected chi connectivity index (χ1v) is 11.6. The molecule has 0 fully saturated rings. The number of thiazole rings is 1. The predicted molar refractivity (Wildman–Crippen MR) is 120 cm³/mol. The van der Waals surface area contributed by atoms with Crippen molar-refractivity contribution in [2.45, 2.75) is 51.3 Å². The van der Waals surface area contributed by atoms with E-state index in [4.69, 9.17) is 0 Å². The van der Waals surface area contributed by atoms with Gasteiger partial charge >= 0.3 is 12.5 Å². The molecule has 2 N–H and O–H groups in total. The molecule has 6 nitrogen and oxygen atoms in total. The summed E-state index contributed by atoms with van der Waals surface area (Å²) >= 11 is 0.647. The Kier molecular flexibility index (Phi) is 9.93. The molecule has 0 aliphatic carbocycles. The maximum Gasteiger partial charge on any atom is 0.573 e. The summed E-state index contributed by atoms with van der Waals surface area (Å²) < 4.78 is 81.9. The standard InChI is InChI=1S/C22H28F6N4O2S/c1-5-15(32(3)4)12-29-10-9-17-31-19(21(23,24)25)18(35-17)20(33)30-13(2)14-7-6-8-16(11-14)34-22(26,27)28/h6-8,11,13,15,29H,5,9-10,12H2,1-4H3,(H,30,33). The molecule has 0 radical (unpaired) electrons. The fourth-order valence-corrected chi connectivity index (χ4v) is 4.29. The summed E-state index contributed by atoms with van der Waals surface area (Å²) in [6.45, 7) is 4.52. The molecule has 0 aliphatic heterocycles. The van der Waals surface area contributed by atoms with Gasteiger partial charge in [0.15, 0.2) is 5.69 Å². The van der Waals surface area contributed by atoms with E-state index in [1.54, 1.807) is 0 Å². The second-order valence-electron chi connectivity index (χ2n) is 8.08. The lowest BCUT2D eigenvalue weighted by atomic mass is 10.1. The van der Waals surface area contributed by atoms with Crippen molar-refractivity contribution in [3.8, 4) is 5.75 Å². The van der Waals surface area contributed by atoms with Gasteiger partial charge in [0.05, 0.1) is 11.0 Å². The number of hydrogen-bond acceptors (Lipinski definition) is 6. The van der Waals surface area contributed by atoms with Crippen LogP contribution in [0.3, 0.4) is 0 Å². The zero-order chi connectivity index (χ0) is 26.4. The second-order valence-corrected chi connectivity index (χ2v) is 9.16. The lowest BCUT2D eigenvalue weighted by Crippen LogP contribution is -2.38. The number of halogens is 6. The van der Waals surface area contributed by atoms with Gasteiger partial charge in [-0.2, -0.15) is 13.2 Å². The highest BCUT2D eigenvalue weighted by Gasteiger charge is 2.39. The van der Waals surface area contributed by atoms with Crippen LogP contribution in [0.15, 0.2) is 24.3 Å². The van der Waals surface area contributed by atoms with Gasteiger partial charge in [-0.15, -0.1) is 24.5 Å². The van der Waals surface area contributed by atoms with Crippen LogP contribution in [0.4, 0.5) is 26.3 Å². The largest absolute Gasteiger partial charge is 0.573 e. The van der Waals surface area contributed by atoms with Crippen molar-refractivity contribution in [1.29, 1.82) is 0 Å². The summed E-state index contributed by atoms with van der Waals surface area (Å²) in [6.07, 6.45) is -8.62. The Morgan fingerprint density at radius 3 is 2.46 bits per heavy atom. The van der Waals surface area contributed by atoms with Gasteiger partial charge in [-0.3, -0.25) is 4.79 Å². The molecular weight excluding hydrogens is 498 g/mol. The summed E-state index contributed by atoms with van der Waals surface area (Å²) in [7, 11) is 3.88. The van der Waals surface area contributed by atoms with E-state index in [2.05, 4.69) is 20.4 Å². The number of ether oxygens (including phenoxy) is 1. The van der Waals surface area contributed by atoms with E-state index < -0.39 is 40.8 Å². The first kappa shape index (κ1) is 28.9. The van der Waals surface area contributed by atoms with Crippen molar-refractivity contribution in [1.82, 2.24) is 20.5 Å². The monoisotopic (exact) mass is 526 g/mol. The molecule has 2 aromatic rings. The number of benzene rings is 1. The SMILES string of the molecule is CCC(CNCCc1nc(C(F)(F)F)c(C(=O)NC(C)c2cccc(OC(F)(F)F)c2)s1)N(C)C. The van der Waals surface area contributed by atoms with Gasteiger partial charge in [0, 0.05) is 25.6 Å². The molecule has 196 valence electrons. The Hall–Kier alpha value is -2.38. The van der Waals surface area contributed by atoms with Crippen LogP contribution in [0.5, 0.6) is 5.75 Å². The smallest absolute Gasteiger partial charge is 0.406 e. The summed E-state index contributed by atoms with van der Waals surface area (Å²) in [6, 6.07) is 4.25. The molecule has 1 heterocycles. The van der Waals surface area contributed by atoms with Gasteiger partial charge in [0.1, 0.15) is 10.6 Å². The third-order valence-electron chi connectivity index (χ3n) is 5.18. The molecule has 0 saturated heterocycles. The van der Waals surface area contributed by atoms with Gasteiger partial charge < -0.3 is 20.3 Å². The predicted octanol–water partition coefficient (Wildman–Crippen LogP) is 5.02. The number of likely N-dealkylation sites (N-methyl/N-ethyl adjacent to an activating group) is 1. The quantitative estimate of drug-likeness (QED) is 0.318. The lowest BCUT2D eigenvalue weighted by molar-refractivity contribution is -0.274. The second kappa shape index (κ2) is 12.0. The van der Waals surface area contributed by atoms with Crippen LogP contribution < -0.4 is 15.4 Å². The first-order valence-electron chi connectivity index (χ1n) is 10.8. The Labute approximate surface area is 203 Å². The molecule has 1 amide bonds. The zero-order valence-electron chi connectivity index (χ0n) is 19.7. The van der Waals surface area contributed by atoms with Crippen molar-refractivity contribution in [3.63, 3.8) is 0 Å². The zero-order valence-corrected chi connectivity index (χ0v) is 20.5. The molecule has 1 aromatic heterocycles. The average Bonchev–Trinajstić information content (AvgIpc) is 3.17. The minimum absolute atomic E-state index is 0.154. The number of hydrogen-bond donors (Lipinski definition) is 2. The summed E-state index contributed by atoms with van der Waals surface area (Å²) in [5.74, 6) is -1.51. The number of aromatic nitrogens is 1. The first-order chi connectivity index (χ1) is 16.2. The highest BCUT2D eigenvalue weighted by atomic mass is 32.1. The third-order valence-corrected chi connectivity index (χ3v) is 6.30. The van der Waals surface area contributed by atoms with Crippen LogP contribution in [0.2, 0.25) is 0 Å².